The Morgan fingerprint density at radius 2 is 1.95 bits per heavy atom. The topological polar surface area (TPSA) is 92.5 Å². The van der Waals surface area contributed by atoms with Crippen LogP contribution in [-0.2, 0) is 0 Å². The molecular formula is C13H8Br2N2O4. The Kier molecular flexibility index (Phi) is 4.59. The van der Waals surface area contributed by atoms with Crippen molar-refractivity contribution < 1.29 is 14.8 Å². The van der Waals surface area contributed by atoms with Gasteiger partial charge in [-0.25, -0.2) is 4.79 Å². The van der Waals surface area contributed by atoms with Gasteiger partial charge in [0, 0.05) is 15.0 Å². The second kappa shape index (κ2) is 6.23. The number of halogens is 2. The second-order valence-corrected chi connectivity index (χ2v) is 5.78. The molecule has 0 aliphatic heterocycles. The first kappa shape index (κ1) is 15.5. The summed E-state index contributed by atoms with van der Waals surface area (Å²) in [6, 6.07) is 9.10. The Hall–Kier alpha value is -1.93. The molecule has 0 amide bonds. The molecule has 0 radical (unpaired) electrons. The molecule has 0 aliphatic rings. The van der Waals surface area contributed by atoms with Gasteiger partial charge in [0.05, 0.1) is 16.2 Å². The fourth-order valence-corrected chi connectivity index (χ4v) is 2.44. The molecule has 0 fully saturated rings. The van der Waals surface area contributed by atoms with Gasteiger partial charge in [0.25, 0.3) is 5.69 Å². The largest absolute Gasteiger partial charge is 0.478 e. The normalized spacial score (nSPS) is 10.2. The van der Waals surface area contributed by atoms with E-state index in [0.717, 1.165) is 4.47 Å². The van der Waals surface area contributed by atoms with Gasteiger partial charge in [-0.3, -0.25) is 10.1 Å². The highest BCUT2D eigenvalue weighted by Gasteiger charge is 2.22. The lowest BCUT2D eigenvalue weighted by Crippen LogP contribution is -2.06. The summed E-state index contributed by atoms with van der Waals surface area (Å²) in [6.07, 6.45) is 0. The summed E-state index contributed by atoms with van der Waals surface area (Å²) >= 11 is 6.60. The lowest BCUT2D eigenvalue weighted by Gasteiger charge is -2.12. The van der Waals surface area contributed by atoms with E-state index < -0.39 is 10.9 Å². The van der Waals surface area contributed by atoms with E-state index in [0.29, 0.717) is 10.2 Å². The maximum Gasteiger partial charge on any atom is 0.338 e. The number of nitro benzene ring substituents is 1. The fraction of sp³-hybridized carbons (Fsp3) is 0. The molecule has 0 bridgehead atoms. The number of benzene rings is 2. The summed E-state index contributed by atoms with van der Waals surface area (Å²) in [6.45, 7) is 0. The molecule has 6 nitrogen and oxygen atoms in total. The molecule has 2 aromatic carbocycles. The number of carbonyl (C=O) groups is 1. The minimum absolute atomic E-state index is 0.0613. The Labute approximate surface area is 136 Å². The van der Waals surface area contributed by atoms with Gasteiger partial charge in [0.1, 0.15) is 5.69 Å². The van der Waals surface area contributed by atoms with Crippen LogP contribution in [0.1, 0.15) is 10.4 Å². The number of nitro groups is 1. The number of anilines is 2. The van der Waals surface area contributed by atoms with Gasteiger partial charge in [0.2, 0.25) is 0 Å². The number of nitrogens with zero attached hydrogens (tertiary/aromatic N) is 1. The van der Waals surface area contributed by atoms with E-state index in [9.17, 15) is 20.0 Å². The van der Waals surface area contributed by atoms with Gasteiger partial charge in [-0.2, -0.15) is 0 Å². The first-order valence-electron chi connectivity index (χ1n) is 5.63. The first-order valence-corrected chi connectivity index (χ1v) is 7.21. The molecule has 0 aromatic heterocycles. The van der Waals surface area contributed by atoms with Crippen LogP contribution in [0.5, 0.6) is 0 Å². The number of aromatic carboxylic acids is 1. The van der Waals surface area contributed by atoms with Gasteiger partial charge in [-0.15, -0.1) is 0 Å². The minimum atomic E-state index is -1.24. The van der Waals surface area contributed by atoms with Crippen LogP contribution in [0, 0.1) is 10.1 Å². The smallest absolute Gasteiger partial charge is 0.338 e. The number of nitrogens with one attached hydrogen (secondary N) is 1. The molecule has 0 saturated carbocycles. The third-order valence-electron chi connectivity index (χ3n) is 2.66. The quantitative estimate of drug-likeness (QED) is 0.563. The number of para-hydroxylation sites is 1. The highest BCUT2D eigenvalue weighted by Crippen LogP contribution is 2.35. The number of carboxylic acid groups (broad SMARTS) is 1. The van der Waals surface area contributed by atoms with Gasteiger partial charge < -0.3 is 10.4 Å². The van der Waals surface area contributed by atoms with Crippen molar-refractivity contribution in [2.45, 2.75) is 0 Å². The molecule has 0 unspecified atom stereocenters. The van der Waals surface area contributed by atoms with E-state index in [1.54, 1.807) is 18.2 Å². The third kappa shape index (κ3) is 3.40. The van der Waals surface area contributed by atoms with Gasteiger partial charge in [-0.05, 0) is 40.2 Å². The molecule has 0 heterocycles. The molecule has 21 heavy (non-hydrogen) atoms. The van der Waals surface area contributed by atoms with Crippen LogP contribution >= 0.6 is 31.9 Å². The standard InChI is InChI=1S/C13H8Br2N2O4/c14-7-4-5-9(15)10(6-7)16-12-8(13(18)19)2-1-3-11(12)17(20)21/h1-6,16H,(H,18,19). The lowest BCUT2D eigenvalue weighted by molar-refractivity contribution is -0.383. The van der Waals surface area contributed by atoms with Crippen LogP contribution in [0.2, 0.25) is 0 Å². The predicted octanol–water partition coefficient (Wildman–Crippen LogP) is 4.56. The summed E-state index contributed by atoms with van der Waals surface area (Å²) in [5.41, 5.74) is -0.0205. The average Bonchev–Trinajstić information content (AvgIpc) is 2.42. The van der Waals surface area contributed by atoms with Crippen LogP contribution < -0.4 is 5.32 Å². The summed E-state index contributed by atoms with van der Waals surface area (Å²) < 4.78 is 1.41. The van der Waals surface area contributed by atoms with Crippen molar-refractivity contribution in [3.05, 3.63) is 61.0 Å². The van der Waals surface area contributed by atoms with Crippen molar-refractivity contribution >= 4 is 54.9 Å². The molecular weight excluding hydrogens is 408 g/mol. The van der Waals surface area contributed by atoms with Crippen LogP contribution in [0.25, 0.3) is 0 Å². The molecule has 2 N–H and O–H groups in total. The zero-order valence-electron chi connectivity index (χ0n) is 10.3. The van der Waals surface area contributed by atoms with E-state index in [-0.39, 0.29) is 16.9 Å². The highest BCUT2D eigenvalue weighted by molar-refractivity contribution is 9.11. The van der Waals surface area contributed by atoms with Crippen molar-refractivity contribution in [2.24, 2.45) is 0 Å². The van der Waals surface area contributed by atoms with E-state index in [2.05, 4.69) is 37.2 Å². The number of carboxylic acids is 1. The Balaban J connectivity index is 2.59. The Bertz CT molecular complexity index is 702. The molecule has 8 heteroatoms. The van der Waals surface area contributed by atoms with E-state index in [1.807, 2.05) is 0 Å². The second-order valence-electron chi connectivity index (χ2n) is 4.01. The first-order chi connectivity index (χ1) is 9.90. The van der Waals surface area contributed by atoms with E-state index >= 15 is 0 Å². The van der Waals surface area contributed by atoms with Crippen molar-refractivity contribution in [2.75, 3.05) is 5.32 Å². The van der Waals surface area contributed by atoms with Crippen molar-refractivity contribution in [1.29, 1.82) is 0 Å². The predicted molar refractivity (Wildman–Crippen MR) is 85.2 cm³/mol. The third-order valence-corrected chi connectivity index (χ3v) is 3.84. The highest BCUT2D eigenvalue weighted by atomic mass is 79.9. The summed E-state index contributed by atoms with van der Waals surface area (Å²) in [4.78, 5) is 21.7. The monoisotopic (exact) mass is 414 g/mol. The lowest BCUT2D eigenvalue weighted by atomic mass is 10.1. The fourth-order valence-electron chi connectivity index (χ4n) is 1.73. The molecule has 0 atom stereocenters. The summed E-state index contributed by atoms with van der Waals surface area (Å²) in [5, 5.41) is 23.1. The zero-order valence-corrected chi connectivity index (χ0v) is 13.5. The molecule has 2 aromatic rings. The van der Waals surface area contributed by atoms with E-state index in [4.69, 9.17) is 0 Å². The molecule has 0 saturated heterocycles. The van der Waals surface area contributed by atoms with Crippen molar-refractivity contribution in [3.63, 3.8) is 0 Å². The Morgan fingerprint density at radius 3 is 2.57 bits per heavy atom. The molecule has 0 spiro atoms. The van der Waals surface area contributed by atoms with Crippen molar-refractivity contribution in [1.82, 2.24) is 0 Å². The average molecular weight is 416 g/mol. The SMILES string of the molecule is O=C(O)c1cccc([N+](=O)[O-])c1Nc1cc(Br)ccc1Br. The van der Waals surface area contributed by atoms with Gasteiger partial charge in [0.15, 0.2) is 0 Å². The molecule has 2 rings (SSSR count). The van der Waals surface area contributed by atoms with Gasteiger partial charge in [-0.1, -0.05) is 22.0 Å². The number of hydrogen-bond donors (Lipinski definition) is 2. The van der Waals surface area contributed by atoms with E-state index in [1.165, 1.54) is 18.2 Å². The number of hydrogen-bond acceptors (Lipinski definition) is 4. The number of rotatable bonds is 4. The summed E-state index contributed by atoms with van der Waals surface area (Å²) in [7, 11) is 0. The molecule has 108 valence electrons. The Morgan fingerprint density at radius 1 is 1.24 bits per heavy atom. The molecule has 0 aliphatic carbocycles. The van der Waals surface area contributed by atoms with Crippen LogP contribution in [-0.4, -0.2) is 16.0 Å². The maximum atomic E-state index is 11.3. The maximum absolute atomic E-state index is 11.3. The van der Waals surface area contributed by atoms with Crippen molar-refractivity contribution in [3.8, 4) is 0 Å². The van der Waals surface area contributed by atoms with Crippen LogP contribution in [0.15, 0.2) is 45.3 Å². The van der Waals surface area contributed by atoms with Crippen LogP contribution in [0.3, 0.4) is 0 Å². The minimum Gasteiger partial charge on any atom is -0.478 e. The summed E-state index contributed by atoms with van der Waals surface area (Å²) in [5.74, 6) is -1.24. The van der Waals surface area contributed by atoms with Gasteiger partial charge >= 0.3 is 5.97 Å². The van der Waals surface area contributed by atoms with Crippen LogP contribution in [0.4, 0.5) is 17.1 Å². The zero-order chi connectivity index (χ0) is 15.6.